The maximum absolute atomic E-state index is 5.49. The lowest BCUT2D eigenvalue weighted by Crippen LogP contribution is -2.11. The molecule has 130 valence electrons. The Bertz CT molecular complexity index is 833. The second kappa shape index (κ2) is 7.39. The van der Waals surface area contributed by atoms with Gasteiger partial charge in [0.25, 0.3) is 0 Å². The molecule has 3 heterocycles. The van der Waals surface area contributed by atoms with Crippen molar-refractivity contribution < 1.29 is 4.74 Å². The minimum absolute atomic E-state index is 0.0533. The molecule has 0 aliphatic rings. The molecule has 0 aliphatic carbocycles. The molecular weight excluding hydrogens is 338 g/mol. The Labute approximate surface area is 150 Å². The predicted molar refractivity (Wildman–Crippen MR) is 98.5 cm³/mol. The van der Waals surface area contributed by atoms with E-state index in [0.717, 1.165) is 11.5 Å². The summed E-state index contributed by atoms with van der Waals surface area (Å²) in [6, 6.07) is 3.87. The van der Waals surface area contributed by atoms with Crippen molar-refractivity contribution in [2.75, 3.05) is 24.3 Å². The highest BCUT2D eigenvalue weighted by molar-refractivity contribution is 7.09. The molecule has 25 heavy (non-hydrogen) atoms. The van der Waals surface area contributed by atoms with Gasteiger partial charge < -0.3 is 15.0 Å². The van der Waals surface area contributed by atoms with Crippen molar-refractivity contribution in [3.63, 3.8) is 0 Å². The summed E-state index contributed by atoms with van der Waals surface area (Å²) in [6.45, 7) is 3.88. The number of pyridine rings is 1. The number of ether oxygens (including phenoxy) is 1. The van der Waals surface area contributed by atoms with E-state index in [1.54, 1.807) is 18.6 Å². The zero-order chi connectivity index (χ0) is 17.8. The third-order valence-electron chi connectivity index (χ3n) is 3.13. The first kappa shape index (κ1) is 17.0. The van der Waals surface area contributed by atoms with Crippen molar-refractivity contribution in [2.45, 2.75) is 20.0 Å². The number of hydrogen-bond acceptors (Lipinski definition) is 9. The molecule has 0 bridgehead atoms. The third-order valence-corrected chi connectivity index (χ3v) is 3.76. The smallest absolute Gasteiger partial charge is 0.232 e. The van der Waals surface area contributed by atoms with Gasteiger partial charge >= 0.3 is 0 Å². The van der Waals surface area contributed by atoms with Crippen LogP contribution in [0.1, 0.15) is 13.8 Å². The van der Waals surface area contributed by atoms with Crippen molar-refractivity contribution in [3.05, 3.63) is 30.7 Å². The van der Waals surface area contributed by atoms with Crippen LogP contribution < -0.4 is 15.0 Å². The van der Waals surface area contributed by atoms with Gasteiger partial charge in [-0.15, -0.1) is 0 Å². The molecular formula is C16H19N7OS. The van der Waals surface area contributed by atoms with E-state index in [-0.39, 0.29) is 6.10 Å². The Balaban J connectivity index is 1.77. The predicted octanol–water partition coefficient (Wildman–Crippen LogP) is 2.99. The molecule has 1 N–H and O–H groups in total. The SMILES string of the molecule is CC(C)Oc1cnc(-c2nsc(Nc3ncccc3N(C)C)n2)cn1. The largest absolute Gasteiger partial charge is 0.474 e. The van der Waals surface area contributed by atoms with Crippen molar-refractivity contribution in [1.29, 1.82) is 0 Å². The lowest BCUT2D eigenvalue weighted by atomic mass is 10.3. The Morgan fingerprint density at radius 1 is 1.16 bits per heavy atom. The number of hydrogen-bond donors (Lipinski definition) is 1. The third kappa shape index (κ3) is 4.18. The summed E-state index contributed by atoms with van der Waals surface area (Å²) in [6.07, 6.45) is 4.97. The molecule has 0 radical (unpaired) electrons. The van der Waals surface area contributed by atoms with Crippen molar-refractivity contribution >= 4 is 28.2 Å². The number of nitrogens with zero attached hydrogens (tertiary/aromatic N) is 6. The topological polar surface area (TPSA) is 89.0 Å². The standard InChI is InChI=1S/C16H19N7OS/c1-10(2)24-13-9-18-11(8-19-13)14-20-16(25-22-14)21-15-12(23(3)4)6-5-7-17-15/h5-10H,1-4H3,(H,17,20,21,22). The van der Waals surface area contributed by atoms with Gasteiger partial charge in [0.2, 0.25) is 11.0 Å². The van der Waals surface area contributed by atoms with Crippen LogP contribution in [-0.2, 0) is 0 Å². The molecule has 3 aromatic heterocycles. The number of aromatic nitrogens is 5. The van der Waals surface area contributed by atoms with Crippen LogP contribution in [0.3, 0.4) is 0 Å². The fourth-order valence-electron chi connectivity index (χ4n) is 2.07. The first-order chi connectivity index (χ1) is 12.0. The van der Waals surface area contributed by atoms with Crippen LogP contribution in [0.5, 0.6) is 5.88 Å². The Kier molecular flexibility index (Phi) is 5.03. The van der Waals surface area contributed by atoms with Crippen LogP contribution in [0.2, 0.25) is 0 Å². The second-order valence-electron chi connectivity index (χ2n) is 5.72. The highest BCUT2D eigenvalue weighted by atomic mass is 32.1. The normalized spacial score (nSPS) is 10.8. The molecule has 0 atom stereocenters. The minimum atomic E-state index is 0.0533. The zero-order valence-corrected chi connectivity index (χ0v) is 15.3. The summed E-state index contributed by atoms with van der Waals surface area (Å²) in [5.41, 5.74) is 1.56. The van der Waals surface area contributed by atoms with Gasteiger partial charge in [0.05, 0.1) is 24.2 Å². The maximum Gasteiger partial charge on any atom is 0.232 e. The van der Waals surface area contributed by atoms with E-state index < -0.39 is 0 Å². The van der Waals surface area contributed by atoms with E-state index in [4.69, 9.17) is 4.74 Å². The molecule has 0 spiro atoms. The molecule has 9 heteroatoms. The molecule has 0 aliphatic heterocycles. The molecule has 0 fully saturated rings. The first-order valence-electron chi connectivity index (χ1n) is 7.75. The fourth-order valence-corrected chi connectivity index (χ4v) is 2.64. The van der Waals surface area contributed by atoms with Crippen LogP contribution in [0.4, 0.5) is 16.6 Å². The maximum atomic E-state index is 5.49. The Morgan fingerprint density at radius 3 is 2.68 bits per heavy atom. The van der Waals surface area contributed by atoms with E-state index in [1.807, 2.05) is 45.0 Å². The van der Waals surface area contributed by atoms with Gasteiger partial charge in [0.1, 0.15) is 5.69 Å². The van der Waals surface area contributed by atoms with Crippen molar-refractivity contribution in [2.24, 2.45) is 0 Å². The van der Waals surface area contributed by atoms with E-state index in [2.05, 4.69) is 29.6 Å². The summed E-state index contributed by atoms with van der Waals surface area (Å²) in [7, 11) is 3.92. The summed E-state index contributed by atoms with van der Waals surface area (Å²) in [5.74, 6) is 1.72. The molecule has 3 rings (SSSR count). The summed E-state index contributed by atoms with van der Waals surface area (Å²) < 4.78 is 9.82. The number of anilines is 3. The van der Waals surface area contributed by atoms with E-state index >= 15 is 0 Å². The lowest BCUT2D eigenvalue weighted by Gasteiger charge is -2.15. The molecule has 0 saturated heterocycles. The Hall–Kier alpha value is -2.81. The quantitative estimate of drug-likeness (QED) is 0.720. The second-order valence-corrected chi connectivity index (χ2v) is 6.47. The molecule has 0 saturated carbocycles. The Morgan fingerprint density at radius 2 is 2.00 bits per heavy atom. The van der Waals surface area contributed by atoms with E-state index in [9.17, 15) is 0 Å². The van der Waals surface area contributed by atoms with Gasteiger partial charge in [-0.2, -0.15) is 9.36 Å². The summed E-state index contributed by atoms with van der Waals surface area (Å²) in [4.78, 5) is 19.3. The molecule has 0 unspecified atom stereocenters. The highest BCUT2D eigenvalue weighted by Crippen LogP contribution is 2.27. The molecule has 8 nitrogen and oxygen atoms in total. The monoisotopic (exact) mass is 357 g/mol. The average Bonchev–Trinajstić information content (AvgIpc) is 3.04. The summed E-state index contributed by atoms with van der Waals surface area (Å²) >= 11 is 1.24. The van der Waals surface area contributed by atoms with Gasteiger partial charge in [0.15, 0.2) is 11.6 Å². The van der Waals surface area contributed by atoms with Crippen LogP contribution in [0.15, 0.2) is 30.7 Å². The van der Waals surface area contributed by atoms with Gasteiger partial charge in [-0.05, 0) is 26.0 Å². The van der Waals surface area contributed by atoms with Crippen LogP contribution >= 0.6 is 11.5 Å². The molecule has 3 aromatic rings. The van der Waals surface area contributed by atoms with Gasteiger partial charge in [-0.25, -0.2) is 15.0 Å². The highest BCUT2D eigenvalue weighted by Gasteiger charge is 2.12. The van der Waals surface area contributed by atoms with Crippen LogP contribution in [0, 0.1) is 0 Å². The van der Waals surface area contributed by atoms with Crippen LogP contribution in [-0.4, -0.2) is 44.5 Å². The summed E-state index contributed by atoms with van der Waals surface area (Å²) in [5, 5.41) is 3.84. The van der Waals surface area contributed by atoms with Crippen LogP contribution in [0.25, 0.3) is 11.5 Å². The minimum Gasteiger partial charge on any atom is -0.474 e. The van der Waals surface area contributed by atoms with E-state index in [1.165, 1.54) is 11.5 Å². The molecule has 0 amide bonds. The fraction of sp³-hybridized carbons (Fsp3) is 0.312. The molecule has 0 aromatic carbocycles. The first-order valence-corrected chi connectivity index (χ1v) is 8.52. The lowest BCUT2D eigenvalue weighted by molar-refractivity contribution is 0.231. The van der Waals surface area contributed by atoms with Gasteiger partial charge in [0, 0.05) is 31.8 Å². The average molecular weight is 357 g/mol. The van der Waals surface area contributed by atoms with Crippen molar-refractivity contribution in [3.8, 4) is 17.4 Å². The van der Waals surface area contributed by atoms with Gasteiger partial charge in [-0.1, -0.05) is 0 Å². The van der Waals surface area contributed by atoms with Crippen molar-refractivity contribution in [1.82, 2.24) is 24.3 Å². The zero-order valence-electron chi connectivity index (χ0n) is 14.5. The van der Waals surface area contributed by atoms with Gasteiger partial charge in [-0.3, -0.25) is 0 Å². The van der Waals surface area contributed by atoms with E-state index in [0.29, 0.717) is 22.5 Å². The number of rotatable bonds is 6. The number of nitrogens with one attached hydrogen (secondary N) is 1.